The second kappa shape index (κ2) is 5.83. The molecule has 0 aromatic rings. The van der Waals surface area contributed by atoms with Crippen LogP contribution in [-0.2, 0) is 9.47 Å². The van der Waals surface area contributed by atoms with Gasteiger partial charge in [-0.25, -0.2) is 0 Å². The van der Waals surface area contributed by atoms with Gasteiger partial charge in [0.25, 0.3) is 0 Å². The van der Waals surface area contributed by atoms with Gasteiger partial charge in [0.05, 0.1) is 6.10 Å². The minimum atomic E-state index is 0.449. The lowest BCUT2D eigenvalue weighted by molar-refractivity contribution is 0.0571. The first-order valence-electron chi connectivity index (χ1n) is 6.29. The Morgan fingerprint density at radius 1 is 1.20 bits per heavy atom. The lowest BCUT2D eigenvalue weighted by Crippen LogP contribution is -2.40. The predicted molar refractivity (Wildman–Crippen MR) is 60.0 cm³/mol. The summed E-state index contributed by atoms with van der Waals surface area (Å²) in [6.45, 7) is 6.22. The summed E-state index contributed by atoms with van der Waals surface area (Å²) in [6, 6.07) is 0.510. The zero-order chi connectivity index (χ0) is 10.5. The molecule has 0 radical (unpaired) electrons. The van der Waals surface area contributed by atoms with Crippen LogP contribution in [0.1, 0.15) is 32.6 Å². The van der Waals surface area contributed by atoms with E-state index in [-0.39, 0.29) is 0 Å². The molecule has 2 saturated heterocycles. The van der Waals surface area contributed by atoms with E-state index in [9.17, 15) is 0 Å². The molecule has 3 heteroatoms. The van der Waals surface area contributed by atoms with E-state index in [0.29, 0.717) is 12.1 Å². The summed E-state index contributed by atoms with van der Waals surface area (Å²) < 4.78 is 11.0. The van der Waals surface area contributed by atoms with Crippen LogP contribution in [-0.4, -0.2) is 38.5 Å². The molecule has 88 valence electrons. The molecule has 2 atom stereocenters. The Balaban J connectivity index is 1.63. The highest BCUT2D eigenvalue weighted by Gasteiger charge is 2.23. The fourth-order valence-electron chi connectivity index (χ4n) is 2.43. The maximum atomic E-state index is 5.67. The third kappa shape index (κ3) is 3.44. The quantitative estimate of drug-likeness (QED) is 0.769. The van der Waals surface area contributed by atoms with E-state index in [2.05, 4.69) is 12.2 Å². The number of nitrogens with one attached hydrogen (secondary N) is 1. The Morgan fingerprint density at radius 2 is 2.00 bits per heavy atom. The molecule has 0 aliphatic carbocycles. The van der Waals surface area contributed by atoms with Gasteiger partial charge in [0.15, 0.2) is 0 Å². The Labute approximate surface area is 92.5 Å². The highest BCUT2D eigenvalue weighted by molar-refractivity contribution is 4.78. The van der Waals surface area contributed by atoms with Gasteiger partial charge in [-0.1, -0.05) is 0 Å². The van der Waals surface area contributed by atoms with E-state index in [1.165, 1.54) is 25.7 Å². The molecule has 0 aromatic carbocycles. The van der Waals surface area contributed by atoms with Gasteiger partial charge in [-0.15, -0.1) is 0 Å². The summed E-state index contributed by atoms with van der Waals surface area (Å²) >= 11 is 0. The average Bonchev–Trinajstić information content (AvgIpc) is 2.81. The Hall–Kier alpha value is -0.120. The third-order valence-corrected chi connectivity index (χ3v) is 3.59. The molecule has 2 fully saturated rings. The molecule has 1 N–H and O–H groups in total. The Morgan fingerprint density at radius 3 is 2.67 bits per heavy atom. The fourth-order valence-corrected chi connectivity index (χ4v) is 2.43. The largest absolute Gasteiger partial charge is 0.381 e. The Kier molecular flexibility index (Phi) is 4.42. The molecule has 0 bridgehead atoms. The summed E-state index contributed by atoms with van der Waals surface area (Å²) in [7, 11) is 0. The van der Waals surface area contributed by atoms with Gasteiger partial charge in [-0.2, -0.15) is 0 Å². The number of hydrogen-bond donors (Lipinski definition) is 1. The topological polar surface area (TPSA) is 30.5 Å². The molecular formula is C12H23NO2. The first-order valence-corrected chi connectivity index (χ1v) is 6.29. The molecule has 0 spiro atoms. The normalized spacial score (nSPS) is 30.6. The van der Waals surface area contributed by atoms with Gasteiger partial charge in [0.1, 0.15) is 0 Å². The lowest BCUT2D eigenvalue weighted by atomic mass is 9.99. The van der Waals surface area contributed by atoms with Gasteiger partial charge in [0.2, 0.25) is 0 Å². The number of rotatable bonds is 4. The summed E-state index contributed by atoms with van der Waals surface area (Å²) in [5, 5.41) is 3.61. The van der Waals surface area contributed by atoms with Crippen LogP contribution in [0.5, 0.6) is 0 Å². The summed E-state index contributed by atoms with van der Waals surface area (Å²) in [5.41, 5.74) is 0. The van der Waals surface area contributed by atoms with Crippen molar-refractivity contribution < 1.29 is 9.47 Å². The van der Waals surface area contributed by atoms with Crippen LogP contribution in [0.2, 0.25) is 0 Å². The second-order valence-electron chi connectivity index (χ2n) is 4.80. The zero-order valence-corrected chi connectivity index (χ0v) is 9.71. The first kappa shape index (κ1) is 11.4. The van der Waals surface area contributed by atoms with Crippen LogP contribution in [0.4, 0.5) is 0 Å². The highest BCUT2D eigenvalue weighted by atomic mass is 16.5. The molecule has 2 aliphatic heterocycles. The number of ether oxygens (including phenoxy) is 2. The zero-order valence-electron chi connectivity index (χ0n) is 9.71. The van der Waals surface area contributed by atoms with Crippen LogP contribution in [0, 0.1) is 5.92 Å². The van der Waals surface area contributed by atoms with Crippen molar-refractivity contribution in [2.45, 2.75) is 44.8 Å². The molecule has 0 aromatic heterocycles. The van der Waals surface area contributed by atoms with Crippen LogP contribution in [0.25, 0.3) is 0 Å². The SMILES string of the molecule is CC(NCC1CCOCC1)C1CCCO1. The molecule has 15 heavy (non-hydrogen) atoms. The fraction of sp³-hybridized carbons (Fsp3) is 1.00. The van der Waals surface area contributed by atoms with Crippen molar-refractivity contribution in [1.29, 1.82) is 0 Å². The van der Waals surface area contributed by atoms with Crippen LogP contribution in [0.3, 0.4) is 0 Å². The monoisotopic (exact) mass is 213 g/mol. The van der Waals surface area contributed by atoms with E-state index in [1.54, 1.807) is 0 Å². The van der Waals surface area contributed by atoms with Gasteiger partial charge >= 0.3 is 0 Å². The molecule has 3 nitrogen and oxygen atoms in total. The average molecular weight is 213 g/mol. The molecular weight excluding hydrogens is 190 g/mol. The third-order valence-electron chi connectivity index (χ3n) is 3.59. The van der Waals surface area contributed by atoms with Crippen LogP contribution in [0.15, 0.2) is 0 Å². The summed E-state index contributed by atoms with van der Waals surface area (Å²) in [5.74, 6) is 0.808. The Bertz CT molecular complexity index is 174. The van der Waals surface area contributed by atoms with Crippen molar-refractivity contribution in [2.24, 2.45) is 5.92 Å². The summed E-state index contributed by atoms with van der Waals surface area (Å²) in [6.07, 6.45) is 5.33. The molecule has 0 saturated carbocycles. The second-order valence-corrected chi connectivity index (χ2v) is 4.80. The van der Waals surface area contributed by atoms with Crippen molar-refractivity contribution in [3.63, 3.8) is 0 Å². The molecule has 2 aliphatic rings. The maximum Gasteiger partial charge on any atom is 0.0726 e. The van der Waals surface area contributed by atoms with Crippen molar-refractivity contribution in [3.8, 4) is 0 Å². The smallest absolute Gasteiger partial charge is 0.0726 e. The molecule has 2 heterocycles. The minimum Gasteiger partial charge on any atom is -0.381 e. The van der Waals surface area contributed by atoms with Gasteiger partial charge in [0, 0.05) is 25.9 Å². The van der Waals surface area contributed by atoms with Gasteiger partial charge < -0.3 is 14.8 Å². The van der Waals surface area contributed by atoms with Crippen LogP contribution >= 0.6 is 0 Å². The molecule has 0 amide bonds. The predicted octanol–water partition coefficient (Wildman–Crippen LogP) is 1.57. The first-order chi connectivity index (χ1) is 7.36. The summed E-state index contributed by atoms with van der Waals surface area (Å²) in [4.78, 5) is 0. The van der Waals surface area contributed by atoms with E-state index in [0.717, 1.165) is 32.3 Å². The lowest BCUT2D eigenvalue weighted by Gasteiger charge is -2.26. The van der Waals surface area contributed by atoms with E-state index >= 15 is 0 Å². The standard InChI is InChI=1S/C12H23NO2/c1-10(12-3-2-6-15-12)13-9-11-4-7-14-8-5-11/h10-13H,2-9H2,1H3. The van der Waals surface area contributed by atoms with Gasteiger partial charge in [-0.05, 0) is 45.1 Å². The molecule has 2 rings (SSSR count). The van der Waals surface area contributed by atoms with Crippen molar-refractivity contribution in [1.82, 2.24) is 5.32 Å². The van der Waals surface area contributed by atoms with Crippen LogP contribution < -0.4 is 5.32 Å². The van der Waals surface area contributed by atoms with Crippen molar-refractivity contribution >= 4 is 0 Å². The van der Waals surface area contributed by atoms with E-state index in [1.807, 2.05) is 0 Å². The molecule has 2 unspecified atom stereocenters. The highest BCUT2D eigenvalue weighted by Crippen LogP contribution is 2.17. The van der Waals surface area contributed by atoms with E-state index < -0.39 is 0 Å². The van der Waals surface area contributed by atoms with E-state index in [4.69, 9.17) is 9.47 Å². The van der Waals surface area contributed by atoms with Gasteiger partial charge in [-0.3, -0.25) is 0 Å². The minimum absolute atomic E-state index is 0.449. The van der Waals surface area contributed by atoms with Crippen molar-refractivity contribution in [3.05, 3.63) is 0 Å². The maximum absolute atomic E-state index is 5.67. The number of hydrogen-bond acceptors (Lipinski definition) is 3. The van der Waals surface area contributed by atoms with Crippen molar-refractivity contribution in [2.75, 3.05) is 26.4 Å².